The van der Waals surface area contributed by atoms with E-state index in [1.165, 1.54) is 11.8 Å². The van der Waals surface area contributed by atoms with Crippen LogP contribution in [0, 0.1) is 5.92 Å². The largest absolute Gasteiger partial charge is 0.338 e. The van der Waals surface area contributed by atoms with E-state index in [1.54, 1.807) is 0 Å². The molecule has 0 saturated carbocycles. The number of H-pyrrole nitrogens is 1. The van der Waals surface area contributed by atoms with E-state index in [0.717, 1.165) is 18.7 Å². The van der Waals surface area contributed by atoms with Gasteiger partial charge in [-0.05, 0) is 12.3 Å². The number of aromatic amines is 1. The van der Waals surface area contributed by atoms with E-state index in [1.807, 2.05) is 13.8 Å². The highest BCUT2D eigenvalue weighted by Gasteiger charge is 2.10. The van der Waals surface area contributed by atoms with Gasteiger partial charge in [0.1, 0.15) is 5.82 Å². The fourth-order valence-corrected chi connectivity index (χ4v) is 1.94. The minimum absolute atomic E-state index is 0.110. The van der Waals surface area contributed by atoms with Gasteiger partial charge in [-0.25, -0.2) is 9.78 Å². The van der Waals surface area contributed by atoms with E-state index in [9.17, 15) is 9.59 Å². The summed E-state index contributed by atoms with van der Waals surface area (Å²) in [6.45, 7) is 6.55. The van der Waals surface area contributed by atoms with Gasteiger partial charge in [-0.2, -0.15) is 0 Å². The van der Waals surface area contributed by atoms with Gasteiger partial charge in [0.05, 0.1) is 5.75 Å². The average molecular weight is 299 g/mol. The molecule has 8 heteroatoms. The van der Waals surface area contributed by atoms with Crippen molar-refractivity contribution >= 4 is 23.7 Å². The maximum absolute atomic E-state index is 11.5. The summed E-state index contributed by atoms with van der Waals surface area (Å²) in [5.41, 5.74) is 0. The van der Waals surface area contributed by atoms with Gasteiger partial charge in [-0.15, -0.1) is 5.10 Å². The summed E-state index contributed by atoms with van der Waals surface area (Å²) in [6, 6.07) is -0.467. The van der Waals surface area contributed by atoms with Crippen molar-refractivity contribution in [3.63, 3.8) is 0 Å². The van der Waals surface area contributed by atoms with Crippen LogP contribution in [0.2, 0.25) is 0 Å². The number of urea groups is 1. The molecule has 112 valence electrons. The number of rotatable bonds is 7. The number of imide groups is 1. The zero-order valence-corrected chi connectivity index (χ0v) is 12.8. The first kappa shape index (κ1) is 16.5. The monoisotopic (exact) mass is 299 g/mol. The third kappa shape index (κ3) is 6.55. The van der Waals surface area contributed by atoms with Gasteiger partial charge < -0.3 is 5.32 Å². The molecule has 0 fully saturated rings. The van der Waals surface area contributed by atoms with Crippen LogP contribution in [0.15, 0.2) is 5.16 Å². The van der Waals surface area contributed by atoms with Crippen LogP contribution in [-0.4, -0.2) is 39.4 Å². The highest BCUT2D eigenvalue weighted by molar-refractivity contribution is 7.99. The van der Waals surface area contributed by atoms with Gasteiger partial charge >= 0.3 is 6.03 Å². The Morgan fingerprint density at radius 1 is 1.40 bits per heavy atom. The summed E-state index contributed by atoms with van der Waals surface area (Å²) in [7, 11) is 0. The van der Waals surface area contributed by atoms with Gasteiger partial charge in [0.15, 0.2) is 0 Å². The van der Waals surface area contributed by atoms with Gasteiger partial charge in [-0.3, -0.25) is 15.2 Å². The maximum Gasteiger partial charge on any atom is 0.321 e. The Morgan fingerprint density at radius 3 is 2.80 bits per heavy atom. The number of aryl methyl sites for hydroxylation is 1. The summed E-state index contributed by atoms with van der Waals surface area (Å²) < 4.78 is 0. The molecular formula is C12H21N5O2S. The van der Waals surface area contributed by atoms with Crippen LogP contribution in [0.4, 0.5) is 4.79 Å². The number of thioether (sulfide) groups is 1. The maximum atomic E-state index is 11.5. The first-order valence-corrected chi connectivity index (χ1v) is 7.61. The third-order valence-corrected chi connectivity index (χ3v) is 3.10. The van der Waals surface area contributed by atoms with Crippen molar-refractivity contribution in [3.8, 4) is 0 Å². The molecule has 1 heterocycles. The molecule has 0 atom stereocenters. The minimum atomic E-state index is -0.467. The van der Waals surface area contributed by atoms with Crippen molar-refractivity contribution in [1.82, 2.24) is 25.8 Å². The number of nitrogens with zero attached hydrogens (tertiary/aromatic N) is 2. The summed E-state index contributed by atoms with van der Waals surface area (Å²) in [6.07, 6.45) is 1.81. The summed E-state index contributed by atoms with van der Waals surface area (Å²) >= 11 is 1.20. The lowest BCUT2D eigenvalue weighted by molar-refractivity contribution is -0.117. The Kier molecular flexibility index (Phi) is 7.06. The Morgan fingerprint density at radius 2 is 2.15 bits per heavy atom. The highest BCUT2D eigenvalue weighted by Crippen LogP contribution is 2.12. The highest BCUT2D eigenvalue weighted by atomic mass is 32.2. The standard InChI is InChI=1S/C12H21N5O2S/c1-4-5-9-14-12(17-16-9)20-7-10(18)15-11(19)13-6-8(2)3/h8H,4-7H2,1-3H3,(H,14,16,17)(H2,13,15,18,19). The second-order valence-corrected chi connectivity index (χ2v) is 5.70. The molecule has 0 spiro atoms. The summed E-state index contributed by atoms with van der Waals surface area (Å²) in [5.74, 6) is 0.900. The van der Waals surface area contributed by atoms with E-state index >= 15 is 0 Å². The Labute approximate surface area is 122 Å². The van der Waals surface area contributed by atoms with Gasteiger partial charge in [-0.1, -0.05) is 32.5 Å². The predicted octanol–water partition coefficient (Wildman–Crippen LogP) is 1.33. The topological polar surface area (TPSA) is 99.8 Å². The first-order valence-electron chi connectivity index (χ1n) is 6.63. The van der Waals surface area contributed by atoms with E-state index in [4.69, 9.17) is 0 Å². The van der Waals surface area contributed by atoms with Crippen LogP contribution in [0.3, 0.4) is 0 Å². The fourth-order valence-electron chi connectivity index (χ4n) is 1.32. The molecule has 3 amide bonds. The molecular weight excluding hydrogens is 278 g/mol. The summed E-state index contributed by atoms with van der Waals surface area (Å²) in [4.78, 5) is 27.1. The number of hydrogen-bond acceptors (Lipinski definition) is 5. The number of amides is 3. The normalized spacial score (nSPS) is 10.6. The van der Waals surface area contributed by atoms with Crippen molar-refractivity contribution in [3.05, 3.63) is 5.82 Å². The van der Waals surface area contributed by atoms with Crippen molar-refractivity contribution in [2.75, 3.05) is 12.3 Å². The fraction of sp³-hybridized carbons (Fsp3) is 0.667. The molecule has 1 aromatic heterocycles. The molecule has 0 radical (unpaired) electrons. The van der Waals surface area contributed by atoms with Crippen LogP contribution in [0.25, 0.3) is 0 Å². The minimum Gasteiger partial charge on any atom is -0.338 e. The van der Waals surface area contributed by atoms with Crippen LogP contribution >= 0.6 is 11.8 Å². The van der Waals surface area contributed by atoms with Crippen molar-refractivity contribution in [2.24, 2.45) is 5.92 Å². The zero-order chi connectivity index (χ0) is 15.0. The molecule has 0 aliphatic heterocycles. The second-order valence-electron chi connectivity index (χ2n) is 4.76. The number of hydrogen-bond donors (Lipinski definition) is 3. The van der Waals surface area contributed by atoms with Crippen molar-refractivity contribution in [1.29, 1.82) is 0 Å². The van der Waals surface area contributed by atoms with Gasteiger partial charge in [0, 0.05) is 13.0 Å². The lowest BCUT2D eigenvalue weighted by atomic mass is 10.2. The molecule has 0 aliphatic rings. The van der Waals surface area contributed by atoms with Crippen LogP contribution < -0.4 is 10.6 Å². The molecule has 3 N–H and O–H groups in total. The molecule has 0 saturated heterocycles. The predicted molar refractivity (Wildman–Crippen MR) is 77.5 cm³/mol. The molecule has 0 aromatic carbocycles. The number of nitrogens with one attached hydrogen (secondary N) is 3. The Balaban J connectivity index is 2.26. The molecule has 1 aromatic rings. The van der Waals surface area contributed by atoms with E-state index in [2.05, 4.69) is 32.7 Å². The molecule has 0 unspecified atom stereocenters. The molecule has 1 rings (SSSR count). The Hall–Kier alpha value is -1.57. The van der Waals surface area contributed by atoms with Gasteiger partial charge in [0.2, 0.25) is 11.1 Å². The van der Waals surface area contributed by atoms with Crippen LogP contribution in [0.1, 0.15) is 33.0 Å². The second kappa shape index (κ2) is 8.57. The first-order chi connectivity index (χ1) is 9.51. The van der Waals surface area contributed by atoms with Crippen LogP contribution in [-0.2, 0) is 11.2 Å². The average Bonchev–Trinajstić information content (AvgIpc) is 2.82. The van der Waals surface area contributed by atoms with Crippen molar-refractivity contribution in [2.45, 2.75) is 38.8 Å². The smallest absolute Gasteiger partial charge is 0.321 e. The molecule has 7 nitrogen and oxygen atoms in total. The van der Waals surface area contributed by atoms with Crippen LogP contribution in [0.5, 0.6) is 0 Å². The lowest BCUT2D eigenvalue weighted by Crippen LogP contribution is -2.41. The molecule has 20 heavy (non-hydrogen) atoms. The molecule has 0 bridgehead atoms. The van der Waals surface area contributed by atoms with Gasteiger partial charge in [0.25, 0.3) is 0 Å². The summed E-state index contributed by atoms with van der Waals surface area (Å²) in [5, 5.41) is 12.2. The number of carbonyl (C=O) groups excluding carboxylic acids is 2. The van der Waals surface area contributed by atoms with E-state index < -0.39 is 6.03 Å². The van der Waals surface area contributed by atoms with E-state index in [-0.39, 0.29) is 11.7 Å². The van der Waals surface area contributed by atoms with Crippen molar-refractivity contribution < 1.29 is 9.59 Å². The zero-order valence-electron chi connectivity index (χ0n) is 12.0. The quantitative estimate of drug-likeness (QED) is 0.660. The number of aromatic nitrogens is 3. The lowest BCUT2D eigenvalue weighted by Gasteiger charge is -2.07. The SMILES string of the molecule is CCCc1nc(SCC(=O)NC(=O)NCC(C)C)n[nH]1. The van der Waals surface area contributed by atoms with E-state index in [0.29, 0.717) is 17.6 Å². The Bertz CT molecular complexity index is 447. The molecule has 0 aliphatic carbocycles. The third-order valence-electron chi connectivity index (χ3n) is 2.25. The number of carbonyl (C=O) groups is 2.